The summed E-state index contributed by atoms with van der Waals surface area (Å²) in [5.74, 6) is 0.408. The van der Waals surface area contributed by atoms with Crippen LogP contribution in [0.1, 0.15) is 45.4 Å². The van der Waals surface area contributed by atoms with Crippen LogP contribution in [0.15, 0.2) is 0 Å². The van der Waals surface area contributed by atoms with Gasteiger partial charge in [0.2, 0.25) is 0 Å². The largest absolute Gasteiger partial charge is 0.395 e. The van der Waals surface area contributed by atoms with Crippen molar-refractivity contribution < 1.29 is 9.90 Å². The minimum absolute atomic E-state index is 0.230. The molecule has 1 N–H and O–H groups in total. The van der Waals surface area contributed by atoms with Gasteiger partial charge in [0.05, 0.1) is 6.61 Å². The van der Waals surface area contributed by atoms with Crippen molar-refractivity contribution in [3.05, 3.63) is 0 Å². The highest BCUT2D eigenvalue weighted by atomic mass is 16.3. The van der Waals surface area contributed by atoms with Gasteiger partial charge in [-0.3, -0.25) is 9.69 Å². The van der Waals surface area contributed by atoms with E-state index in [1.165, 1.54) is 12.8 Å². The third-order valence-electron chi connectivity index (χ3n) is 3.22. The number of hydrogen-bond acceptors (Lipinski definition) is 3. The Bertz CT molecular complexity index is 184. The van der Waals surface area contributed by atoms with Crippen LogP contribution in [-0.2, 0) is 4.79 Å². The Morgan fingerprint density at radius 2 is 2.00 bits per heavy atom. The minimum Gasteiger partial charge on any atom is -0.395 e. The van der Waals surface area contributed by atoms with Gasteiger partial charge in [0.15, 0.2) is 0 Å². The summed E-state index contributed by atoms with van der Waals surface area (Å²) in [6.45, 7) is 4.24. The van der Waals surface area contributed by atoms with Gasteiger partial charge in [-0.2, -0.15) is 0 Å². The van der Waals surface area contributed by atoms with Crippen molar-refractivity contribution in [3.63, 3.8) is 0 Å². The third kappa shape index (κ3) is 4.31. The number of carbonyl (C=O) groups excluding carboxylic acids is 1. The fourth-order valence-electron chi connectivity index (χ4n) is 2.26. The van der Waals surface area contributed by atoms with Crippen LogP contribution in [0.25, 0.3) is 0 Å². The molecule has 0 amide bonds. The highest BCUT2D eigenvalue weighted by Gasteiger charge is 2.23. The number of Topliss-reactive ketones (excluding diaryl/α,β-unsaturated/α-hetero) is 1. The lowest BCUT2D eigenvalue weighted by Gasteiger charge is -2.33. The Labute approximate surface area is 92.5 Å². The van der Waals surface area contributed by atoms with Crippen LogP contribution in [-0.4, -0.2) is 41.5 Å². The third-order valence-corrected chi connectivity index (χ3v) is 3.22. The van der Waals surface area contributed by atoms with Crippen LogP contribution >= 0.6 is 0 Å². The Balaban J connectivity index is 2.36. The predicted octanol–water partition coefficient (Wildman–Crippen LogP) is 1.59. The number of aliphatic hydroxyl groups excluding tert-OH is 1. The number of nitrogens with zero attached hydrogens (tertiary/aromatic N) is 1. The summed E-state index contributed by atoms with van der Waals surface area (Å²) < 4.78 is 0. The van der Waals surface area contributed by atoms with Crippen molar-refractivity contribution in [3.8, 4) is 0 Å². The molecule has 0 aromatic carbocycles. The van der Waals surface area contributed by atoms with E-state index >= 15 is 0 Å². The first-order valence-electron chi connectivity index (χ1n) is 6.14. The number of unbranched alkanes of at least 4 members (excludes halogenated alkanes) is 1. The van der Waals surface area contributed by atoms with Crippen molar-refractivity contribution in [2.24, 2.45) is 0 Å². The summed E-state index contributed by atoms with van der Waals surface area (Å²) in [5.41, 5.74) is 0. The van der Waals surface area contributed by atoms with Crippen molar-refractivity contribution in [2.45, 2.75) is 51.5 Å². The summed E-state index contributed by atoms with van der Waals surface area (Å²) in [6.07, 6.45) is 5.82. The fraction of sp³-hybridized carbons (Fsp3) is 0.917. The fourth-order valence-corrected chi connectivity index (χ4v) is 2.26. The number of rotatable bonds is 6. The molecule has 0 radical (unpaired) electrons. The van der Waals surface area contributed by atoms with Crippen LogP contribution < -0.4 is 0 Å². The number of ketones is 1. The monoisotopic (exact) mass is 213 g/mol. The zero-order valence-electron chi connectivity index (χ0n) is 9.74. The van der Waals surface area contributed by atoms with Crippen LogP contribution in [0.5, 0.6) is 0 Å². The number of aliphatic hydroxyl groups is 1. The van der Waals surface area contributed by atoms with Gasteiger partial charge < -0.3 is 5.11 Å². The molecule has 0 aliphatic heterocycles. The van der Waals surface area contributed by atoms with Gasteiger partial charge in [-0.05, 0) is 25.8 Å². The maximum absolute atomic E-state index is 11.1. The first-order valence-corrected chi connectivity index (χ1v) is 6.14. The minimum atomic E-state index is 0.230. The Kier molecular flexibility index (Phi) is 5.88. The Morgan fingerprint density at radius 3 is 2.53 bits per heavy atom. The molecular weight excluding hydrogens is 190 g/mol. The Hall–Kier alpha value is -0.410. The summed E-state index contributed by atoms with van der Waals surface area (Å²) in [5, 5.41) is 9.01. The highest BCUT2D eigenvalue weighted by molar-refractivity contribution is 5.79. The van der Waals surface area contributed by atoms with Crippen molar-refractivity contribution in [1.29, 1.82) is 0 Å². The molecule has 0 aromatic heterocycles. The second kappa shape index (κ2) is 6.96. The Morgan fingerprint density at radius 1 is 1.33 bits per heavy atom. The normalized spacial score (nSPS) is 18.7. The van der Waals surface area contributed by atoms with Crippen molar-refractivity contribution in [1.82, 2.24) is 4.90 Å². The average Bonchev–Trinajstić information content (AvgIpc) is 2.25. The van der Waals surface area contributed by atoms with Gasteiger partial charge in [0.25, 0.3) is 0 Å². The molecule has 1 saturated carbocycles. The average molecular weight is 213 g/mol. The zero-order chi connectivity index (χ0) is 11.1. The highest BCUT2D eigenvalue weighted by Crippen LogP contribution is 2.20. The lowest BCUT2D eigenvalue weighted by Crippen LogP contribution is -2.40. The maximum Gasteiger partial charge on any atom is 0.133 e. The van der Waals surface area contributed by atoms with Gasteiger partial charge in [0, 0.05) is 25.4 Å². The molecule has 1 rings (SSSR count). The second-order valence-electron chi connectivity index (χ2n) is 4.38. The van der Waals surface area contributed by atoms with Gasteiger partial charge in [-0.15, -0.1) is 0 Å². The van der Waals surface area contributed by atoms with Gasteiger partial charge in [-0.25, -0.2) is 0 Å². The lowest BCUT2D eigenvalue weighted by atomic mass is 9.93. The van der Waals surface area contributed by atoms with E-state index in [0.717, 1.165) is 38.8 Å². The molecule has 3 nitrogen and oxygen atoms in total. The molecule has 1 fully saturated rings. The van der Waals surface area contributed by atoms with E-state index in [1.807, 2.05) is 0 Å². The molecule has 0 heterocycles. The molecule has 0 spiro atoms. The van der Waals surface area contributed by atoms with E-state index in [0.29, 0.717) is 11.8 Å². The van der Waals surface area contributed by atoms with Gasteiger partial charge >= 0.3 is 0 Å². The maximum atomic E-state index is 11.1. The lowest BCUT2D eigenvalue weighted by molar-refractivity contribution is -0.121. The molecule has 0 aromatic rings. The second-order valence-corrected chi connectivity index (χ2v) is 4.38. The summed E-state index contributed by atoms with van der Waals surface area (Å²) in [7, 11) is 0. The smallest absolute Gasteiger partial charge is 0.133 e. The first kappa shape index (κ1) is 12.7. The quantitative estimate of drug-likeness (QED) is 0.728. The first-order chi connectivity index (χ1) is 7.27. The number of hydrogen-bond donors (Lipinski definition) is 1. The topological polar surface area (TPSA) is 40.5 Å². The van der Waals surface area contributed by atoms with Crippen LogP contribution in [0, 0.1) is 0 Å². The summed E-state index contributed by atoms with van der Waals surface area (Å²) in [4.78, 5) is 13.5. The molecule has 0 atom stereocenters. The molecule has 15 heavy (non-hydrogen) atoms. The molecule has 3 heteroatoms. The van der Waals surface area contributed by atoms with E-state index in [1.54, 1.807) is 0 Å². The molecular formula is C12H23NO2. The van der Waals surface area contributed by atoms with Gasteiger partial charge in [0.1, 0.15) is 5.78 Å². The zero-order valence-corrected chi connectivity index (χ0v) is 9.74. The summed E-state index contributed by atoms with van der Waals surface area (Å²) in [6, 6.07) is 0.529. The van der Waals surface area contributed by atoms with Crippen molar-refractivity contribution in [2.75, 3.05) is 19.7 Å². The standard InChI is InChI=1S/C12H23NO2/c1-2-3-8-13(9-10-14)11-4-6-12(15)7-5-11/h11,14H,2-10H2,1H3. The van der Waals surface area contributed by atoms with E-state index in [9.17, 15) is 4.79 Å². The SMILES string of the molecule is CCCCN(CCO)C1CCC(=O)CC1. The molecule has 1 aliphatic rings. The van der Waals surface area contributed by atoms with E-state index in [-0.39, 0.29) is 6.61 Å². The molecule has 0 saturated heterocycles. The molecule has 0 bridgehead atoms. The summed E-state index contributed by atoms with van der Waals surface area (Å²) >= 11 is 0. The number of carbonyl (C=O) groups is 1. The molecule has 1 aliphatic carbocycles. The molecule has 88 valence electrons. The van der Waals surface area contributed by atoms with Crippen LogP contribution in [0.4, 0.5) is 0 Å². The van der Waals surface area contributed by atoms with E-state index in [2.05, 4.69) is 11.8 Å². The van der Waals surface area contributed by atoms with E-state index in [4.69, 9.17) is 5.11 Å². The van der Waals surface area contributed by atoms with Crippen molar-refractivity contribution >= 4 is 5.78 Å². The van der Waals surface area contributed by atoms with Gasteiger partial charge in [-0.1, -0.05) is 13.3 Å². The van der Waals surface area contributed by atoms with Crippen LogP contribution in [0.3, 0.4) is 0 Å². The predicted molar refractivity (Wildman–Crippen MR) is 60.8 cm³/mol. The van der Waals surface area contributed by atoms with Crippen LogP contribution in [0.2, 0.25) is 0 Å². The van der Waals surface area contributed by atoms with E-state index < -0.39 is 0 Å². The molecule has 0 unspecified atom stereocenters.